The molecule has 0 spiro atoms. The molecule has 0 atom stereocenters. The SMILES string of the molecule is COc1cc([N+](=O)[O-])ccc1-c1ccc(/C=C2/Sc3ccccc3C2=O)o1. The van der Waals surface area contributed by atoms with E-state index in [2.05, 4.69) is 0 Å². The molecule has 2 aromatic carbocycles. The van der Waals surface area contributed by atoms with Gasteiger partial charge in [0.25, 0.3) is 5.69 Å². The van der Waals surface area contributed by atoms with Gasteiger partial charge in [-0.3, -0.25) is 14.9 Å². The molecule has 0 saturated carbocycles. The molecule has 0 bridgehead atoms. The van der Waals surface area contributed by atoms with E-state index in [9.17, 15) is 14.9 Å². The van der Waals surface area contributed by atoms with Crippen molar-refractivity contribution in [2.75, 3.05) is 7.11 Å². The van der Waals surface area contributed by atoms with Crippen LogP contribution in [0.3, 0.4) is 0 Å². The molecule has 6 nitrogen and oxygen atoms in total. The first-order chi connectivity index (χ1) is 13.1. The summed E-state index contributed by atoms with van der Waals surface area (Å²) in [6.45, 7) is 0. The molecule has 134 valence electrons. The Morgan fingerprint density at radius 1 is 1.11 bits per heavy atom. The van der Waals surface area contributed by atoms with Gasteiger partial charge in [-0.2, -0.15) is 0 Å². The fraction of sp³-hybridized carbons (Fsp3) is 0.0500. The van der Waals surface area contributed by atoms with Crippen LogP contribution in [0.5, 0.6) is 5.75 Å². The van der Waals surface area contributed by atoms with Gasteiger partial charge in [-0.1, -0.05) is 23.9 Å². The van der Waals surface area contributed by atoms with E-state index < -0.39 is 4.92 Å². The van der Waals surface area contributed by atoms with Crippen LogP contribution in [-0.4, -0.2) is 17.8 Å². The van der Waals surface area contributed by atoms with Crippen LogP contribution < -0.4 is 4.74 Å². The second-order valence-corrected chi connectivity index (χ2v) is 6.86. The number of furan rings is 1. The van der Waals surface area contributed by atoms with E-state index in [1.165, 1.54) is 31.0 Å². The predicted molar refractivity (Wildman–Crippen MR) is 102 cm³/mol. The van der Waals surface area contributed by atoms with Gasteiger partial charge in [0, 0.05) is 16.5 Å². The third-order valence-corrected chi connectivity index (χ3v) is 5.24. The number of nitro benzene ring substituents is 1. The lowest BCUT2D eigenvalue weighted by molar-refractivity contribution is -0.384. The number of allylic oxidation sites excluding steroid dienone is 1. The first-order valence-corrected chi connectivity index (χ1v) is 8.84. The van der Waals surface area contributed by atoms with Crippen LogP contribution in [-0.2, 0) is 0 Å². The van der Waals surface area contributed by atoms with Crippen molar-refractivity contribution in [3.05, 3.63) is 80.9 Å². The molecule has 4 rings (SSSR count). The van der Waals surface area contributed by atoms with Crippen LogP contribution >= 0.6 is 11.8 Å². The number of thioether (sulfide) groups is 1. The smallest absolute Gasteiger partial charge is 0.273 e. The summed E-state index contributed by atoms with van der Waals surface area (Å²) in [6, 6.07) is 15.3. The zero-order valence-electron chi connectivity index (χ0n) is 14.2. The van der Waals surface area contributed by atoms with Crippen molar-refractivity contribution in [3.63, 3.8) is 0 Å². The van der Waals surface area contributed by atoms with Crippen molar-refractivity contribution < 1.29 is 18.9 Å². The van der Waals surface area contributed by atoms with Gasteiger partial charge < -0.3 is 9.15 Å². The number of hydrogen-bond acceptors (Lipinski definition) is 6. The van der Waals surface area contributed by atoms with E-state index in [-0.39, 0.29) is 11.5 Å². The number of hydrogen-bond donors (Lipinski definition) is 0. The zero-order chi connectivity index (χ0) is 19.0. The summed E-state index contributed by atoms with van der Waals surface area (Å²) >= 11 is 1.41. The van der Waals surface area contributed by atoms with Gasteiger partial charge in [-0.25, -0.2) is 0 Å². The summed E-state index contributed by atoms with van der Waals surface area (Å²) in [5, 5.41) is 10.9. The predicted octanol–water partition coefficient (Wildman–Crippen LogP) is 5.19. The number of ketones is 1. The molecular weight excluding hydrogens is 366 g/mol. The van der Waals surface area contributed by atoms with E-state index >= 15 is 0 Å². The minimum Gasteiger partial charge on any atom is -0.496 e. The Morgan fingerprint density at radius 2 is 1.93 bits per heavy atom. The van der Waals surface area contributed by atoms with Crippen LogP contribution in [0, 0.1) is 10.1 Å². The second-order valence-electron chi connectivity index (χ2n) is 5.78. The number of nitro groups is 1. The highest BCUT2D eigenvalue weighted by Crippen LogP contribution is 2.41. The lowest BCUT2D eigenvalue weighted by Crippen LogP contribution is -1.93. The number of methoxy groups -OCH3 is 1. The Hall–Kier alpha value is -3.32. The zero-order valence-corrected chi connectivity index (χ0v) is 15.0. The van der Waals surface area contributed by atoms with Gasteiger partial charge in [-0.05, 0) is 36.4 Å². The minimum absolute atomic E-state index is 0.0264. The fourth-order valence-electron chi connectivity index (χ4n) is 2.84. The average molecular weight is 379 g/mol. The summed E-state index contributed by atoms with van der Waals surface area (Å²) in [4.78, 5) is 24.4. The van der Waals surface area contributed by atoms with Crippen molar-refractivity contribution in [2.24, 2.45) is 0 Å². The Morgan fingerprint density at radius 3 is 2.67 bits per heavy atom. The van der Waals surface area contributed by atoms with E-state index in [1.54, 1.807) is 30.3 Å². The summed E-state index contributed by atoms with van der Waals surface area (Å²) in [5.74, 6) is 1.34. The van der Waals surface area contributed by atoms with E-state index in [0.29, 0.717) is 33.3 Å². The lowest BCUT2D eigenvalue weighted by atomic mass is 10.1. The van der Waals surface area contributed by atoms with Gasteiger partial charge in [0.15, 0.2) is 0 Å². The number of nitrogens with zero attached hydrogens (tertiary/aromatic N) is 1. The number of carbonyl (C=O) groups excluding carboxylic acids is 1. The molecule has 2 heterocycles. The highest BCUT2D eigenvalue weighted by atomic mass is 32.2. The van der Waals surface area contributed by atoms with E-state index in [1.807, 2.05) is 18.2 Å². The molecule has 27 heavy (non-hydrogen) atoms. The van der Waals surface area contributed by atoms with E-state index in [4.69, 9.17) is 9.15 Å². The number of fused-ring (bicyclic) bond motifs is 1. The normalized spacial score (nSPS) is 14.4. The van der Waals surface area contributed by atoms with Crippen LogP contribution in [0.4, 0.5) is 5.69 Å². The van der Waals surface area contributed by atoms with Gasteiger partial charge in [0.2, 0.25) is 5.78 Å². The topological polar surface area (TPSA) is 82.6 Å². The number of Topliss-reactive ketones (excluding diaryl/α,β-unsaturated/α-hetero) is 1. The molecule has 0 aliphatic carbocycles. The summed E-state index contributed by atoms with van der Waals surface area (Å²) in [5.41, 5.74) is 1.23. The Balaban J connectivity index is 1.66. The minimum atomic E-state index is -0.481. The summed E-state index contributed by atoms with van der Waals surface area (Å²) in [6.07, 6.45) is 1.70. The molecule has 0 unspecified atom stereocenters. The van der Waals surface area contributed by atoms with Gasteiger partial charge in [0.05, 0.1) is 28.6 Å². The van der Waals surface area contributed by atoms with Crippen LogP contribution in [0.1, 0.15) is 16.1 Å². The first kappa shape index (κ1) is 17.1. The maximum Gasteiger partial charge on any atom is 0.273 e. The maximum atomic E-state index is 12.5. The fourth-order valence-corrected chi connectivity index (χ4v) is 3.87. The largest absolute Gasteiger partial charge is 0.496 e. The maximum absolute atomic E-state index is 12.5. The molecular formula is C20H13NO5S. The number of carbonyl (C=O) groups is 1. The van der Waals surface area contributed by atoms with Crippen LogP contribution in [0.25, 0.3) is 17.4 Å². The van der Waals surface area contributed by atoms with Crippen molar-refractivity contribution >= 4 is 29.3 Å². The Kier molecular flexibility index (Phi) is 4.29. The summed E-state index contributed by atoms with van der Waals surface area (Å²) in [7, 11) is 1.44. The molecule has 7 heteroatoms. The Labute approximate surface area is 158 Å². The molecule has 1 aliphatic heterocycles. The van der Waals surface area contributed by atoms with Crippen molar-refractivity contribution in [1.29, 1.82) is 0 Å². The monoisotopic (exact) mass is 379 g/mol. The van der Waals surface area contributed by atoms with Gasteiger partial charge >= 0.3 is 0 Å². The molecule has 1 aliphatic rings. The Bertz CT molecular complexity index is 1100. The quantitative estimate of drug-likeness (QED) is 0.352. The van der Waals surface area contributed by atoms with Gasteiger partial charge in [-0.15, -0.1) is 0 Å². The van der Waals surface area contributed by atoms with Crippen LogP contribution in [0.2, 0.25) is 0 Å². The highest BCUT2D eigenvalue weighted by Gasteiger charge is 2.25. The third kappa shape index (κ3) is 3.13. The molecule has 0 fully saturated rings. The molecule has 0 saturated heterocycles. The van der Waals surface area contributed by atoms with Crippen molar-refractivity contribution in [1.82, 2.24) is 0 Å². The van der Waals surface area contributed by atoms with Crippen molar-refractivity contribution in [2.45, 2.75) is 4.90 Å². The van der Waals surface area contributed by atoms with Crippen molar-refractivity contribution in [3.8, 4) is 17.1 Å². The van der Waals surface area contributed by atoms with Crippen LogP contribution in [0.15, 0.2) is 68.8 Å². The third-order valence-electron chi connectivity index (χ3n) is 4.14. The average Bonchev–Trinajstić information content (AvgIpc) is 3.27. The number of benzene rings is 2. The first-order valence-electron chi connectivity index (χ1n) is 8.03. The van der Waals surface area contributed by atoms with E-state index in [0.717, 1.165) is 4.90 Å². The number of rotatable bonds is 4. The summed E-state index contributed by atoms with van der Waals surface area (Å²) < 4.78 is 11.1. The second kappa shape index (κ2) is 6.77. The molecule has 3 aromatic rings. The molecule has 0 amide bonds. The standard InChI is InChI=1S/C20H13NO5S/c1-25-17-10-12(21(23)24)6-8-14(17)16-9-7-13(26-16)11-19-20(22)15-4-2-3-5-18(15)27-19/h2-11H,1H3/b19-11+. The van der Waals surface area contributed by atoms with Gasteiger partial charge in [0.1, 0.15) is 17.3 Å². The molecule has 1 aromatic heterocycles. The number of non-ortho nitro benzene ring substituents is 1. The molecule has 0 N–H and O–H groups in total. The number of ether oxygens (including phenoxy) is 1. The lowest BCUT2D eigenvalue weighted by Gasteiger charge is -2.05. The highest BCUT2D eigenvalue weighted by molar-refractivity contribution is 8.04. The molecule has 0 radical (unpaired) electrons.